The molecule has 0 aromatic heterocycles. The van der Waals surface area contributed by atoms with E-state index in [0.717, 1.165) is 21.8 Å². The highest BCUT2D eigenvalue weighted by Crippen LogP contribution is 2.27. The quantitative estimate of drug-likeness (QED) is 0.695. The lowest BCUT2D eigenvalue weighted by atomic mass is 9.98. The zero-order valence-electron chi connectivity index (χ0n) is 17.7. The van der Waals surface area contributed by atoms with Crippen LogP contribution in [0.1, 0.15) is 54.1 Å². The molecule has 3 rings (SSSR count). The van der Waals surface area contributed by atoms with Gasteiger partial charge in [0.2, 0.25) is 11.8 Å². The summed E-state index contributed by atoms with van der Waals surface area (Å²) in [6.45, 7) is 5.56. The number of nitrogens with zero attached hydrogens (tertiary/aromatic N) is 1. The van der Waals surface area contributed by atoms with E-state index in [4.69, 9.17) is 4.74 Å². The number of aryl methyl sites for hydroxylation is 1. The lowest BCUT2D eigenvalue weighted by molar-refractivity contribution is -0.130. The molecule has 0 radical (unpaired) electrons. The Kier molecular flexibility index (Phi) is 6.69. The number of hydrogen-bond acceptors (Lipinski definition) is 5. The first kappa shape index (κ1) is 22.0. The van der Waals surface area contributed by atoms with Crippen LogP contribution in [0.5, 0.6) is 0 Å². The fourth-order valence-electron chi connectivity index (χ4n) is 3.26. The van der Waals surface area contributed by atoms with Gasteiger partial charge in [-0.25, -0.2) is 9.80 Å². The van der Waals surface area contributed by atoms with Crippen LogP contribution in [0.4, 0.5) is 11.4 Å². The molecule has 0 bridgehead atoms. The number of rotatable bonds is 6. The van der Waals surface area contributed by atoms with Crippen LogP contribution in [0.15, 0.2) is 42.5 Å². The molecule has 0 unspecified atom stereocenters. The van der Waals surface area contributed by atoms with Gasteiger partial charge in [-0.15, -0.1) is 0 Å². The molecule has 2 N–H and O–H groups in total. The van der Waals surface area contributed by atoms with Crippen LogP contribution in [0.25, 0.3) is 0 Å². The number of anilines is 2. The minimum Gasteiger partial charge on any atom is -0.452 e. The molecular formula is C23H25N3O5. The van der Waals surface area contributed by atoms with Gasteiger partial charge in [-0.2, -0.15) is 0 Å². The summed E-state index contributed by atoms with van der Waals surface area (Å²) in [7, 11) is 0. The van der Waals surface area contributed by atoms with Crippen molar-refractivity contribution >= 4 is 35.1 Å². The second-order valence-corrected chi connectivity index (χ2v) is 7.63. The highest BCUT2D eigenvalue weighted by molar-refractivity contribution is 6.01. The normalized spacial score (nSPS) is 13.7. The van der Waals surface area contributed by atoms with Crippen LogP contribution in [0.3, 0.4) is 0 Å². The standard InChI is InChI=1S/C23H25N3O5/c1-14(2)18-6-4-5-15(3)22(18)24-20(28)13-31-23(30)16-7-9-17(10-8-16)26-21(29)12-11-19(27)25-26/h4-10,14H,11-13H2,1-3H3,(H,24,28)(H,25,27). The third kappa shape index (κ3) is 5.28. The first-order chi connectivity index (χ1) is 14.8. The van der Waals surface area contributed by atoms with Crippen molar-refractivity contribution in [3.05, 3.63) is 59.2 Å². The Balaban J connectivity index is 1.59. The highest BCUT2D eigenvalue weighted by Gasteiger charge is 2.24. The van der Waals surface area contributed by atoms with Gasteiger partial charge in [0.1, 0.15) is 0 Å². The summed E-state index contributed by atoms with van der Waals surface area (Å²) in [5.41, 5.74) is 5.83. The van der Waals surface area contributed by atoms with E-state index in [0.29, 0.717) is 5.69 Å². The van der Waals surface area contributed by atoms with E-state index in [-0.39, 0.29) is 36.1 Å². The van der Waals surface area contributed by atoms with Crippen LogP contribution in [0.2, 0.25) is 0 Å². The molecule has 0 saturated carbocycles. The number of amides is 3. The zero-order valence-corrected chi connectivity index (χ0v) is 17.7. The fourth-order valence-corrected chi connectivity index (χ4v) is 3.26. The predicted octanol–water partition coefficient (Wildman–Crippen LogP) is 3.07. The van der Waals surface area contributed by atoms with Crippen LogP contribution in [0, 0.1) is 6.92 Å². The van der Waals surface area contributed by atoms with Crippen molar-refractivity contribution in [3.63, 3.8) is 0 Å². The third-order valence-corrected chi connectivity index (χ3v) is 4.94. The molecular weight excluding hydrogens is 398 g/mol. The molecule has 162 valence electrons. The van der Waals surface area contributed by atoms with Crippen LogP contribution >= 0.6 is 0 Å². The number of para-hydroxylation sites is 1. The summed E-state index contributed by atoms with van der Waals surface area (Å²) in [6.07, 6.45) is 0.285. The molecule has 8 heteroatoms. The Morgan fingerprint density at radius 1 is 1.10 bits per heavy atom. The van der Waals surface area contributed by atoms with Gasteiger partial charge in [-0.1, -0.05) is 32.0 Å². The topological polar surface area (TPSA) is 105 Å². The number of carbonyl (C=O) groups is 4. The number of carbonyl (C=O) groups excluding carboxylic acids is 4. The summed E-state index contributed by atoms with van der Waals surface area (Å²) in [6, 6.07) is 11.8. The van der Waals surface area contributed by atoms with E-state index in [1.165, 1.54) is 24.3 Å². The van der Waals surface area contributed by atoms with Gasteiger partial charge in [-0.05, 0) is 48.2 Å². The van der Waals surface area contributed by atoms with E-state index < -0.39 is 18.5 Å². The van der Waals surface area contributed by atoms with Crippen molar-refractivity contribution in [1.82, 2.24) is 5.43 Å². The molecule has 3 amide bonds. The zero-order chi connectivity index (χ0) is 22.5. The average molecular weight is 423 g/mol. The number of esters is 1. The Labute approximate surface area is 180 Å². The Bertz CT molecular complexity index is 1010. The van der Waals surface area contributed by atoms with E-state index in [1.54, 1.807) is 0 Å². The predicted molar refractivity (Wildman–Crippen MR) is 115 cm³/mol. The van der Waals surface area contributed by atoms with Crippen molar-refractivity contribution in [2.75, 3.05) is 16.9 Å². The minimum absolute atomic E-state index is 0.129. The maximum Gasteiger partial charge on any atom is 0.338 e. The fraction of sp³-hybridized carbons (Fsp3) is 0.304. The molecule has 1 aliphatic heterocycles. The Hall–Kier alpha value is -3.68. The van der Waals surface area contributed by atoms with Crippen LogP contribution in [-0.4, -0.2) is 30.3 Å². The SMILES string of the molecule is Cc1cccc(C(C)C)c1NC(=O)COC(=O)c1ccc(N2NC(=O)CCC2=O)cc1. The second-order valence-electron chi connectivity index (χ2n) is 7.63. The molecule has 2 aromatic rings. The Morgan fingerprint density at radius 2 is 1.81 bits per heavy atom. The van der Waals surface area contributed by atoms with Gasteiger partial charge in [0, 0.05) is 18.5 Å². The van der Waals surface area contributed by atoms with Crippen molar-refractivity contribution in [2.24, 2.45) is 0 Å². The first-order valence-electron chi connectivity index (χ1n) is 10.0. The molecule has 8 nitrogen and oxygen atoms in total. The molecule has 0 spiro atoms. The van der Waals surface area contributed by atoms with Crippen LogP contribution < -0.4 is 15.8 Å². The number of hydrogen-bond donors (Lipinski definition) is 2. The summed E-state index contributed by atoms with van der Waals surface area (Å²) in [4.78, 5) is 48.1. The van der Waals surface area contributed by atoms with E-state index in [2.05, 4.69) is 10.7 Å². The molecule has 1 aliphatic rings. The minimum atomic E-state index is -0.662. The lowest BCUT2D eigenvalue weighted by Gasteiger charge is -2.27. The summed E-state index contributed by atoms with van der Waals surface area (Å²) < 4.78 is 5.12. The third-order valence-electron chi connectivity index (χ3n) is 4.94. The molecule has 31 heavy (non-hydrogen) atoms. The molecule has 1 heterocycles. The van der Waals surface area contributed by atoms with Crippen molar-refractivity contribution in [3.8, 4) is 0 Å². The highest BCUT2D eigenvalue weighted by atomic mass is 16.5. The van der Waals surface area contributed by atoms with Gasteiger partial charge < -0.3 is 10.1 Å². The van der Waals surface area contributed by atoms with Gasteiger partial charge in [0.25, 0.3) is 5.91 Å². The van der Waals surface area contributed by atoms with Crippen LogP contribution in [-0.2, 0) is 19.1 Å². The maximum absolute atomic E-state index is 12.3. The number of nitrogens with one attached hydrogen (secondary N) is 2. The average Bonchev–Trinajstić information content (AvgIpc) is 2.75. The number of ether oxygens (including phenoxy) is 1. The van der Waals surface area contributed by atoms with Gasteiger partial charge >= 0.3 is 5.97 Å². The Morgan fingerprint density at radius 3 is 2.48 bits per heavy atom. The van der Waals surface area contributed by atoms with Gasteiger partial charge in [-0.3, -0.25) is 19.8 Å². The largest absolute Gasteiger partial charge is 0.452 e. The second kappa shape index (κ2) is 9.42. The van der Waals surface area contributed by atoms with Crippen molar-refractivity contribution in [1.29, 1.82) is 0 Å². The van der Waals surface area contributed by atoms with E-state index in [9.17, 15) is 19.2 Å². The van der Waals surface area contributed by atoms with Gasteiger partial charge in [0.05, 0.1) is 11.3 Å². The molecule has 0 aliphatic carbocycles. The maximum atomic E-state index is 12.3. The van der Waals surface area contributed by atoms with E-state index >= 15 is 0 Å². The summed E-state index contributed by atoms with van der Waals surface area (Å²) in [5, 5.41) is 3.98. The lowest BCUT2D eigenvalue weighted by Crippen LogP contribution is -2.50. The van der Waals surface area contributed by atoms with Crippen molar-refractivity contribution < 1.29 is 23.9 Å². The molecule has 0 atom stereocenters. The number of hydrazine groups is 1. The molecule has 1 saturated heterocycles. The van der Waals surface area contributed by atoms with Crippen molar-refractivity contribution in [2.45, 2.75) is 39.5 Å². The first-order valence-corrected chi connectivity index (χ1v) is 10.0. The number of benzene rings is 2. The van der Waals surface area contributed by atoms with Gasteiger partial charge in [0.15, 0.2) is 6.61 Å². The van der Waals surface area contributed by atoms with E-state index in [1.807, 2.05) is 39.0 Å². The monoisotopic (exact) mass is 423 g/mol. The summed E-state index contributed by atoms with van der Waals surface area (Å²) >= 11 is 0. The smallest absolute Gasteiger partial charge is 0.338 e. The molecule has 1 fully saturated rings. The summed E-state index contributed by atoms with van der Waals surface area (Å²) in [5.74, 6) is -1.34. The molecule has 2 aromatic carbocycles.